The molecule has 0 aromatic rings. The Hall–Kier alpha value is -2.73. The van der Waals surface area contributed by atoms with E-state index in [0.717, 1.165) is 135 Å². The van der Waals surface area contributed by atoms with Crippen molar-refractivity contribution in [2.24, 2.45) is 0 Å². The lowest BCUT2D eigenvalue weighted by atomic mass is 10.0. The lowest BCUT2D eigenvalue weighted by Gasteiger charge is -2.27. The molecule has 0 fully saturated rings. The summed E-state index contributed by atoms with van der Waals surface area (Å²) in [6.45, 7) is 8.17. The highest BCUT2D eigenvalue weighted by molar-refractivity contribution is 7.46. The molecular weight excluding hydrogens is 1310 g/mol. The largest absolute Gasteiger partial charge is 0.756 e. The van der Waals surface area contributed by atoms with Gasteiger partial charge in [-0.25, -0.2) is 0 Å². The number of hydrogen-bond donors (Lipinski definition) is 7. The van der Waals surface area contributed by atoms with Crippen LogP contribution in [0.25, 0.3) is 0 Å². The zero-order valence-corrected chi connectivity index (χ0v) is 64.3. The zero-order chi connectivity index (χ0) is 73.1. The van der Waals surface area contributed by atoms with Gasteiger partial charge in [-0.3, -0.25) is 33.1 Å². The summed E-state index contributed by atoms with van der Waals surface area (Å²) in [5, 5.41) is 42.4. The van der Waals surface area contributed by atoms with Crippen molar-refractivity contribution in [1.82, 2.24) is 21.3 Å². The molecule has 25 heteroatoms. The summed E-state index contributed by atoms with van der Waals surface area (Å²) in [5.41, 5.74) is 0. The molecule has 7 N–H and O–H groups in total. The molecule has 0 aromatic heterocycles. The average Bonchev–Trinajstić information content (AvgIpc) is 0.990. The van der Waals surface area contributed by atoms with E-state index in [-0.39, 0.29) is 83.5 Å². The molecule has 0 heterocycles. The number of phosphoric acid groups is 2. The van der Waals surface area contributed by atoms with Crippen LogP contribution in [0, 0.1) is 0 Å². The van der Waals surface area contributed by atoms with Crippen LogP contribution in [0.15, 0.2) is 12.2 Å². The van der Waals surface area contributed by atoms with E-state index in [0.29, 0.717) is 38.5 Å². The molecule has 0 aliphatic rings. The van der Waals surface area contributed by atoms with Gasteiger partial charge in [0.2, 0.25) is 23.6 Å². The van der Waals surface area contributed by atoms with Crippen LogP contribution < -0.4 is 31.1 Å². The SMILES string of the molecule is CCCCCC/C=C\CCCC(O)OC(CCCCCCC)CCOCC(COP(=O)([O-])OCCNC(=O)CCC(=O)NCCOP(=O)([O-])OCC(COCCC(O)CCCCCCC)NC(=O)CC(=O)CCCCCCCCCCC)NC(=O)CC(O)CCCCCCCCCCC. The second-order valence-corrected chi connectivity index (χ2v) is 29.7. The van der Waals surface area contributed by atoms with Crippen molar-refractivity contribution in [3.05, 3.63) is 12.2 Å². The number of unbranched alkanes of at least 4 members (excludes halogenated alkanes) is 29. The van der Waals surface area contributed by atoms with Crippen molar-refractivity contribution >= 4 is 45.1 Å². The summed E-state index contributed by atoms with van der Waals surface area (Å²) in [7, 11) is -9.99. The normalized spacial score (nSPS) is 14.8. The number of allylic oxidation sites excluding steroid dienone is 2. The van der Waals surface area contributed by atoms with Crippen molar-refractivity contribution < 1.29 is 90.5 Å². The van der Waals surface area contributed by atoms with Gasteiger partial charge in [-0.15, -0.1) is 0 Å². The van der Waals surface area contributed by atoms with Crippen LogP contribution in [0.1, 0.15) is 330 Å². The third-order valence-corrected chi connectivity index (χ3v) is 19.1. The van der Waals surface area contributed by atoms with Crippen molar-refractivity contribution in [3.8, 4) is 0 Å². The van der Waals surface area contributed by atoms with Crippen LogP contribution in [0.5, 0.6) is 0 Å². The Morgan fingerprint density at radius 3 is 1.26 bits per heavy atom. The van der Waals surface area contributed by atoms with Crippen LogP contribution in [-0.4, -0.2) is 147 Å². The molecular formula is C74H142N4O19P2-2. The number of Topliss-reactive ketones (excluding diaryl/α,β-unsaturated/α-hetero) is 1. The van der Waals surface area contributed by atoms with Crippen LogP contribution in [0.3, 0.4) is 0 Å². The Balaban J connectivity index is 5.31. The number of nitrogens with one attached hydrogen (secondary N) is 4. The third kappa shape index (κ3) is 66.9. The summed E-state index contributed by atoms with van der Waals surface area (Å²) in [6.07, 6.45) is 41.8. The fraction of sp³-hybridized carbons (Fsp3) is 0.905. The Morgan fingerprint density at radius 2 is 0.788 bits per heavy atom. The van der Waals surface area contributed by atoms with E-state index in [1.807, 2.05) is 0 Å². The first-order valence-corrected chi connectivity index (χ1v) is 42.0. The topological polar surface area (TPSA) is 339 Å². The van der Waals surface area contributed by atoms with Gasteiger partial charge in [0.25, 0.3) is 15.6 Å². The van der Waals surface area contributed by atoms with E-state index in [1.54, 1.807) is 0 Å². The van der Waals surface area contributed by atoms with Crippen molar-refractivity contribution in [3.63, 3.8) is 0 Å². The predicted molar refractivity (Wildman–Crippen MR) is 388 cm³/mol. The van der Waals surface area contributed by atoms with Gasteiger partial charge in [0.15, 0.2) is 6.29 Å². The summed E-state index contributed by atoms with van der Waals surface area (Å²) >= 11 is 0. The number of aliphatic hydroxyl groups excluding tert-OH is 3. The fourth-order valence-electron chi connectivity index (χ4n) is 11.2. The number of ketones is 1. The maximum absolute atomic E-state index is 13.3. The third-order valence-electron chi connectivity index (χ3n) is 17.2. The van der Waals surface area contributed by atoms with E-state index in [4.69, 9.17) is 32.3 Å². The number of ether oxygens (including phenoxy) is 3. The van der Waals surface area contributed by atoms with Crippen LogP contribution in [-0.2, 0) is 65.4 Å². The molecule has 0 saturated carbocycles. The van der Waals surface area contributed by atoms with Crippen LogP contribution in [0.4, 0.5) is 0 Å². The number of aliphatic hydroxyl groups is 3. The van der Waals surface area contributed by atoms with Gasteiger partial charge < -0.3 is 78.7 Å². The molecule has 8 atom stereocenters. The average molecular weight is 1450 g/mol. The maximum Gasteiger partial charge on any atom is 0.268 e. The van der Waals surface area contributed by atoms with Crippen molar-refractivity contribution in [2.45, 2.75) is 367 Å². The number of phosphoric ester groups is 2. The first-order chi connectivity index (χ1) is 47.8. The molecule has 584 valence electrons. The molecule has 0 spiro atoms. The van der Waals surface area contributed by atoms with E-state index < -0.39 is 96.3 Å². The molecule has 0 aliphatic heterocycles. The molecule has 0 rings (SSSR count). The van der Waals surface area contributed by atoms with Crippen molar-refractivity contribution in [2.75, 3.05) is 65.9 Å². The van der Waals surface area contributed by atoms with E-state index in [9.17, 15) is 58.2 Å². The van der Waals surface area contributed by atoms with Crippen LogP contribution >= 0.6 is 15.6 Å². The summed E-state index contributed by atoms with van der Waals surface area (Å²) in [5.74, 6) is -2.57. The minimum Gasteiger partial charge on any atom is -0.756 e. The van der Waals surface area contributed by atoms with Gasteiger partial charge in [0, 0.05) is 45.6 Å². The molecule has 0 aliphatic carbocycles. The highest BCUT2D eigenvalue weighted by atomic mass is 31.2. The van der Waals surface area contributed by atoms with Gasteiger partial charge in [-0.1, -0.05) is 239 Å². The molecule has 8 unspecified atom stereocenters. The molecule has 0 bridgehead atoms. The fourth-order valence-corrected chi connectivity index (χ4v) is 12.7. The molecule has 0 aromatic carbocycles. The smallest absolute Gasteiger partial charge is 0.268 e. The van der Waals surface area contributed by atoms with Gasteiger partial charge in [-0.2, -0.15) is 0 Å². The second-order valence-electron chi connectivity index (χ2n) is 26.9. The van der Waals surface area contributed by atoms with E-state index in [1.165, 1.54) is 89.9 Å². The quantitative estimate of drug-likeness (QED) is 0.00978. The summed E-state index contributed by atoms with van der Waals surface area (Å²) in [4.78, 5) is 89.8. The molecule has 23 nitrogen and oxygen atoms in total. The lowest BCUT2D eigenvalue weighted by molar-refractivity contribution is -0.227. The zero-order valence-electron chi connectivity index (χ0n) is 62.5. The minimum absolute atomic E-state index is 0.140. The molecule has 4 amide bonds. The number of carbonyl (C=O) groups excluding carboxylic acids is 5. The Kier molecular flexibility index (Phi) is 66.5. The molecule has 0 radical (unpaired) electrons. The van der Waals surface area contributed by atoms with Crippen LogP contribution in [0.2, 0.25) is 0 Å². The van der Waals surface area contributed by atoms with E-state index >= 15 is 0 Å². The number of carbonyl (C=O) groups is 5. The standard InChI is InChI=1S/C74H144N4O19P2/c1-6-11-16-21-24-27-30-35-39-44-67(80)58-72(84)77-64(60-91-54-50-66(79)43-38-33-19-14-9-4)62-95-98(87,88)93-56-52-75-70(82)48-49-71(83)76-53-57-94-99(89,90)96-63-65(78-73(85)59-68(81)45-40-36-31-28-25-22-17-12-7-2)61-92-55-51-69(46-41-34-20-15-10-5)97-74(86)47-42-37-32-29-26-23-18-13-8-3/h29,32,64-66,68-69,74,79,81,86H,6-28,30-31,33-63H2,1-5H3,(H,75,82)(H,76,83)(H,77,84)(H,78,85)(H,87,88)(H,89,90)/p-2/b32-29-. The van der Waals surface area contributed by atoms with Gasteiger partial charge in [-0.05, 0) is 70.6 Å². The van der Waals surface area contributed by atoms with Gasteiger partial charge in [0.05, 0.1) is 82.9 Å². The molecule has 99 heavy (non-hydrogen) atoms. The van der Waals surface area contributed by atoms with Gasteiger partial charge >= 0.3 is 0 Å². The second kappa shape index (κ2) is 68.4. The molecule has 0 saturated heterocycles. The summed E-state index contributed by atoms with van der Waals surface area (Å²) < 4.78 is 63.8. The van der Waals surface area contributed by atoms with Gasteiger partial charge in [0.1, 0.15) is 5.78 Å². The lowest BCUT2D eigenvalue weighted by Crippen LogP contribution is -2.43. The van der Waals surface area contributed by atoms with E-state index in [2.05, 4.69) is 68.0 Å². The maximum atomic E-state index is 13.3. The predicted octanol–water partition coefficient (Wildman–Crippen LogP) is 13.8. The minimum atomic E-state index is -5.00. The Bertz CT molecular complexity index is 2070. The van der Waals surface area contributed by atoms with Crippen molar-refractivity contribution in [1.29, 1.82) is 0 Å². The number of hydrogen-bond acceptors (Lipinski definition) is 19. The first kappa shape index (κ1) is 96.3. The number of rotatable bonds is 76. The Morgan fingerprint density at radius 1 is 0.394 bits per heavy atom. The first-order valence-electron chi connectivity index (χ1n) is 39.1. The highest BCUT2D eigenvalue weighted by Gasteiger charge is 2.23. The number of amides is 4. The monoisotopic (exact) mass is 1450 g/mol. The Labute approximate surface area is 599 Å². The highest BCUT2D eigenvalue weighted by Crippen LogP contribution is 2.39. The summed E-state index contributed by atoms with van der Waals surface area (Å²) in [6, 6.07) is -1.94.